The fraction of sp³-hybridized carbons (Fsp3) is 0. The summed E-state index contributed by atoms with van der Waals surface area (Å²) in [5.74, 6) is -0.203. The predicted molar refractivity (Wildman–Crippen MR) is 83.0 cm³/mol. The third kappa shape index (κ3) is 2.58. The smallest absolute Gasteiger partial charge is 0.248 e. The molecule has 0 saturated carbocycles. The highest BCUT2D eigenvalue weighted by atomic mass is 35.5. The highest BCUT2D eigenvalue weighted by Crippen LogP contribution is 2.35. The molecule has 0 aliphatic rings. The van der Waals surface area contributed by atoms with Crippen LogP contribution in [0.3, 0.4) is 0 Å². The Bertz CT molecular complexity index is 851. The Balaban J connectivity index is 2.15. The predicted octanol–water partition coefficient (Wildman–Crippen LogP) is 4.55. The van der Waals surface area contributed by atoms with Gasteiger partial charge in [0.15, 0.2) is 5.58 Å². The van der Waals surface area contributed by atoms with Gasteiger partial charge in [-0.05, 0) is 30.3 Å². The Morgan fingerprint density at radius 1 is 1.10 bits per heavy atom. The lowest BCUT2D eigenvalue weighted by Crippen LogP contribution is -2.10. The average Bonchev–Trinajstić information content (AvgIpc) is 2.86. The second-order valence-corrected chi connectivity index (χ2v) is 5.51. The van der Waals surface area contributed by atoms with Crippen LogP contribution < -0.4 is 5.73 Å². The third-order valence-corrected chi connectivity index (χ3v) is 4.10. The summed E-state index contributed by atoms with van der Waals surface area (Å²) >= 11 is 17.9. The van der Waals surface area contributed by atoms with Crippen molar-refractivity contribution in [3.8, 4) is 11.5 Å². The number of amides is 1. The number of nitrogens with zero attached hydrogens (tertiary/aromatic N) is 1. The Labute approximate surface area is 134 Å². The van der Waals surface area contributed by atoms with E-state index >= 15 is 0 Å². The Hall–Kier alpha value is -1.75. The molecule has 0 aliphatic heterocycles. The summed E-state index contributed by atoms with van der Waals surface area (Å²) in [6.07, 6.45) is 0. The van der Waals surface area contributed by atoms with E-state index in [1.165, 1.54) is 0 Å². The molecule has 4 nitrogen and oxygen atoms in total. The Morgan fingerprint density at radius 3 is 2.38 bits per heavy atom. The zero-order valence-electron chi connectivity index (χ0n) is 10.4. The van der Waals surface area contributed by atoms with Crippen LogP contribution in [-0.4, -0.2) is 10.9 Å². The maximum absolute atomic E-state index is 11.2. The number of carbonyl (C=O) groups is 1. The molecule has 1 aromatic heterocycles. The molecule has 0 radical (unpaired) electrons. The van der Waals surface area contributed by atoms with Crippen LogP contribution in [0.15, 0.2) is 34.7 Å². The number of carbonyl (C=O) groups excluding carboxylic acids is 1. The van der Waals surface area contributed by atoms with Gasteiger partial charge in [0.1, 0.15) is 5.52 Å². The van der Waals surface area contributed by atoms with Gasteiger partial charge in [-0.25, -0.2) is 4.98 Å². The van der Waals surface area contributed by atoms with Gasteiger partial charge in [0, 0.05) is 11.1 Å². The van der Waals surface area contributed by atoms with Gasteiger partial charge < -0.3 is 10.2 Å². The standard InChI is InChI=1S/C14H7Cl3N2O2/c15-8-3-7(4-9(16)12(8)17)14-19-10-5-6(13(18)20)1-2-11(10)21-14/h1-5H,(H2,18,20). The van der Waals surface area contributed by atoms with Gasteiger partial charge in [-0.3, -0.25) is 4.79 Å². The second kappa shape index (κ2) is 5.22. The van der Waals surface area contributed by atoms with E-state index in [1.54, 1.807) is 30.3 Å². The van der Waals surface area contributed by atoms with Crippen LogP contribution in [0, 0.1) is 0 Å². The first-order chi connectivity index (χ1) is 9.95. The summed E-state index contributed by atoms with van der Waals surface area (Å²) in [7, 11) is 0. The fourth-order valence-corrected chi connectivity index (χ4v) is 2.48. The molecule has 1 heterocycles. The molecule has 3 aromatic rings. The van der Waals surface area contributed by atoms with Crippen molar-refractivity contribution >= 4 is 51.8 Å². The molecule has 2 N–H and O–H groups in total. The van der Waals surface area contributed by atoms with Gasteiger partial charge in [-0.2, -0.15) is 0 Å². The van der Waals surface area contributed by atoms with Crippen molar-refractivity contribution in [3.63, 3.8) is 0 Å². The second-order valence-electron chi connectivity index (χ2n) is 4.32. The normalized spacial score (nSPS) is 11.0. The minimum atomic E-state index is -0.529. The monoisotopic (exact) mass is 340 g/mol. The molecule has 1 amide bonds. The molecule has 3 rings (SSSR count). The fourth-order valence-electron chi connectivity index (χ4n) is 1.88. The van der Waals surface area contributed by atoms with Crippen molar-refractivity contribution in [2.45, 2.75) is 0 Å². The molecule has 0 fully saturated rings. The number of fused-ring (bicyclic) bond motifs is 1. The number of halogens is 3. The topological polar surface area (TPSA) is 69.1 Å². The summed E-state index contributed by atoms with van der Waals surface area (Å²) in [6, 6.07) is 7.97. The molecule has 0 atom stereocenters. The number of hydrogen-bond donors (Lipinski definition) is 1. The van der Waals surface area contributed by atoms with E-state index in [0.29, 0.717) is 38.2 Å². The van der Waals surface area contributed by atoms with Crippen LogP contribution >= 0.6 is 34.8 Å². The van der Waals surface area contributed by atoms with Crippen LogP contribution in [0.1, 0.15) is 10.4 Å². The van der Waals surface area contributed by atoms with E-state index in [1.807, 2.05) is 0 Å². The van der Waals surface area contributed by atoms with Gasteiger partial charge in [-0.15, -0.1) is 0 Å². The summed E-state index contributed by atoms with van der Waals surface area (Å²) in [5, 5.41) is 0.882. The van der Waals surface area contributed by atoms with Crippen LogP contribution in [0.4, 0.5) is 0 Å². The van der Waals surface area contributed by atoms with E-state index in [0.717, 1.165) is 0 Å². The molecule has 0 saturated heterocycles. The Morgan fingerprint density at radius 2 is 1.76 bits per heavy atom. The number of primary amides is 1. The number of oxazole rings is 1. The van der Waals surface area contributed by atoms with Crippen molar-refractivity contribution < 1.29 is 9.21 Å². The van der Waals surface area contributed by atoms with Crippen LogP contribution in [0.5, 0.6) is 0 Å². The van der Waals surface area contributed by atoms with Crippen LogP contribution in [0.2, 0.25) is 15.1 Å². The lowest BCUT2D eigenvalue weighted by molar-refractivity contribution is 0.100. The number of hydrogen-bond acceptors (Lipinski definition) is 3. The lowest BCUT2D eigenvalue weighted by atomic mass is 10.2. The number of nitrogens with two attached hydrogens (primary N) is 1. The molecule has 2 aromatic carbocycles. The molecule has 106 valence electrons. The van der Waals surface area contributed by atoms with E-state index < -0.39 is 5.91 Å². The summed E-state index contributed by atoms with van der Waals surface area (Å²) in [6.45, 7) is 0. The maximum atomic E-state index is 11.2. The molecule has 21 heavy (non-hydrogen) atoms. The number of benzene rings is 2. The number of rotatable bonds is 2. The zero-order valence-corrected chi connectivity index (χ0v) is 12.6. The van der Waals surface area contributed by atoms with Crippen molar-refractivity contribution in [2.24, 2.45) is 5.73 Å². The van der Waals surface area contributed by atoms with E-state index in [-0.39, 0.29) is 5.02 Å². The van der Waals surface area contributed by atoms with Gasteiger partial charge >= 0.3 is 0 Å². The van der Waals surface area contributed by atoms with E-state index in [2.05, 4.69) is 4.98 Å². The number of aromatic nitrogens is 1. The van der Waals surface area contributed by atoms with E-state index in [9.17, 15) is 4.79 Å². The molecule has 0 spiro atoms. The quantitative estimate of drug-likeness (QED) is 0.695. The Kier molecular flexibility index (Phi) is 3.53. The van der Waals surface area contributed by atoms with Gasteiger partial charge in [0.25, 0.3) is 0 Å². The maximum Gasteiger partial charge on any atom is 0.248 e. The average molecular weight is 342 g/mol. The molecule has 0 bridgehead atoms. The summed E-state index contributed by atoms with van der Waals surface area (Å²) in [5.41, 5.74) is 7.22. The van der Waals surface area contributed by atoms with Gasteiger partial charge in [-0.1, -0.05) is 34.8 Å². The first kappa shape index (κ1) is 14.2. The third-order valence-electron chi connectivity index (χ3n) is 2.90. The molecule has 0 aliphatic carbocycles. The van der Waals surface area contributed by atoms with Gasteiger partial charge in [0.05, 0.1) is 15.1 Å². The minimum absolute atomic E-state index is 0.272. The zero-order chi connectivity index (χ0) is 15.1. The lowest BCUT2D eigenvalue weighted by Gasteiger charge is -2.01. The largest absolute Gasteiger partial charge is 0.436 e. The molecule has 0 unspecified atom stereocenters. The van der Waals surface area contributed by atoms with Crippen molar-refractivity contribution in [1.82, 2.24) is 4.98 Å². The molecule has 7 heteroatoms. The summed E-state index contributed by atoms with van der Waals surface area (Å²) in [4.78, 5) is 15.5. The van der Waals surface area contributed by atoms with Crippen LogP contribution in [0.25, 0.3) is 22.6 Å². The van der Waals surface area contributed by atoms with E-state index in [4.69, 9.17) is 45.0 Å². The summed E-state index contributed by atoms with van der Waals surface area (Å²) < 4.78 is 5.62. The first-order valence-corrected chi connectivity index (χ1v) is 6.94. The highest BCUT2D eigenvalue weighted by molar-refractivity contribution is 6.48. The van der Waals surface area contributed by atoms with Crippen molar-refractivity contribution in [3.05, 3.63) is 51.0 Å². The highest BCUT2D eigenvalue weighted by Gasteiger charge is 2.13. The van der Waals surface area contributed by atoms with Crippen molar-refractivity contribution in [2.75, 3.05) is 0 Å². The van der Waals surface area contributed by atoms with Crippen LogP contribution in [-0.2, 0) is 0 Å². The SMILES string of the molecule is NC(=O)c1ccc2oc(-c3cc(Cl)c(Cl)c(Cl)c3)nc2c1. The minimum Gasteiger partial charge on any atom is -0.436 e. The molecular weight excluding hydrogens is 335 g/mol. The first-order valence-electron chi connectivity index (χ1n) is 5.81. The van der Waals surface area contributed by atoms with Gasteiger partial charge in [0.2, 0.25) is 11.8 Å². The molecular formula is C14H7Cl3N2O2. The van der Waals surface area contributed by atoms with Crippen molar-refractivity contribution in [1.29, 1.82) is 0 Å².